The second-order valence-corrected chi connectivity index (χ2v) is 5.84. The van der Waals surface area contributed by atoms with Gasteiger partial charge in [-0.2, -0.15) is 0 Å². The molecule has 0 saturated heterocycles. The zero-order valence-corrected chi connectivity index (χ0v) is 12.8. The first-order valence-corrected chi connectivity index (χ1v) is 7.88. The van der Waals surface area contributed by atoms with Gasteiger partial charge >= 0.3 is 0 Å². The van der Waals surface area contributed by atoms with E-state index in [1.165, 1.54) is 31.2 Å². The maximum absolute atomic E-state index is 12.8. The third-order valence-corrected chi connectivity index (χ3v) is 4.00. The van der Waals surface area contributed by atoms with Crippen LogP contribution in [0.5, 0.6) is 11.5 Å². The molecule has 0 unspecified atom stereocenters. The summed E-state index contributed by atoms with van der Waals surface area (Å²) in [5.74, 6) is 1.79. The number of hydrogen-bond donors (Lipinski definition) is 1. The summed E-state index contributed by atoms with van der Waals surface area (Å²) in [6.07, 6.45) is 6.85. The molecule has 0 aliphatic heterocycles. The Labute approximate surface area is 134 Å². The quantitative estimate of drug-likeness (QED) is 0.882. The summed E-state index contributed by atoms with van der Waals surface area (Å²) in [6.45, 7) is 0. The highest BCUT2D eigenvalue weighted by Gasteiger charge is 2.18. The highest BCUT2D eigenvalue weighted by Crippen LogP contribution is 2.28. The molecule has 1 aromatic heterocycles. The lowest BCUT2D eigenvalue weighted by atomic mass is 10.0. The van der Waals surface area contributed by atoms with Gasteiger partial charge in [-0.05, 0) is 55.2 Å². The Bertz CT molecular complexity index is 650. The van der Waals surface area contributed by atoms with Crippen molar-refractivity contribution in [3.8, 4) is 11.5 Å². The molecule has 1 amide bonds. The largest absolute Gasteiger partial charge is 0.456 e. The molecule has 3 rings (SSSR count). The van der Waals surface area contributed by atoms with Gasteiger partial charge in [0.25, 0.3) is 0 Å². The SMILES string of the molecule is O=C(CC1CCCC1)Nc1ccc(Oc2ccc(F)cc2)cn1. The van der Waals surface area contributed by atoms with E-state index in [1.54, 1.807) is 24.3 Å². The summed E-state index contributed by atoms with van der Waals surface area (Å²) in [7, 11) is 0. The Morgan fingerprint density at radius 1 is 1.13 bits per heavy atom. The fourth-order valence-corrected chi connectivity index (χ4v) is 2.82. The maximum Gasteiger partial charge on any atom is 0.225 e. The van der Waals surface area contributed by atoms with Gasteiger partial charge in [0, 0.05) is 6.42 Å². The highest BCUT2D eigenvalue weighted by molar-refractivity contribution is 5.89. The fourth-order valence-electron chi connectivity index (χ4n) is 2.82. The molecular formula is C18H19FN2O2. The molecule has 0 spiro atoms. The molecule has 1 aliphatic carbocycles. The van der Waals surface area contributed by atoms with Crippen molar-refractivity contribution in [2.75, 3.05) is 5.32 Å². The van der Waals surface area contributed by atoms with Gasteiger partial charge in [-0.25, -0.2) is 9.37 Å². The van der Waals surface area contributed by atoms with E-state index in [4.69, 9.17) is 4.74 Å². The van der Waals surface area contributed by atoms with Crippen LogP contribution >= 0.6 is 0 Å². The molecule has 1 saturated carbocycles. The first kappa shape index (κ1) is 15.5. The summed E-state index contributed by atoms with van der Waals surface area (Å²) < 4.78 is 18.4. The van der Waals surface area contributed by atoms with Gasteiger partial charge in [-0.3, -0.25) is 4.79 Å². The van der Waals surface area contributed by atoms with E-state index in [0.717, 1.165) is 12.8 Å². The number of nitrogens with one attached hydrogen (secondary N) is 1. The second-order valence-electron chi connectivity index (χ2n) is 5.84. The predicted octanol–water partition coefficient (Wildman–Crippen LogP) is 4.53. The molecule has 0 radical (unpaired) electrons. The van der Waals surface area contributed by atoms with Crippen molar-refractivity contribution in [2.24, 2.45) is 5.92 Å². The molecule has 4 nitrogen and oxygen atoms in total. The van der Waals surface area contributed by atoms with E-state index in [-0.39, 0.29) is 11.7 Å². The molecule has 0 bridgehead atoms. The lowest BCUT2D eigenvalue weighted by molar-refractivity contribution is -0.117. The van der Waals surface area contributed by atoms with Crippen molar-refractivity contribution in [3.63, 3.8) is 0 Å². The average Bonchev–Trinajstić information content (AvgIpc) is 3.04. The number of anilines is 1. The normalized spacial score (nSPS) is 14.7. The number of rotatable bonds is 5. The number of benzene rings is 1. The van der Waals surface area contributed by atoms with Crippen LogP contribution in [-0.4, -0.2) is 10.9 Å². The van der Waals surface area contributed by atoms with Gasteiger partial charge in [0.15, 0.2) is 0 Å². The highest BCUT2D eigenvalue weighted by atomic mass is 19.1. The van der Waals surface area contributed by atoms with Gasteiger partial charge in [0.2, 0.25) is 5.91 Å². The lowest BCUT2D eigenvalue weighted by Gasteiger charge is -2.10. The minimum atomic E-state index is -0.309. The van der Waals surface area contributed by atoms with Crippen LogP contribution in [0.15, 0.2) is 42.6 Å². The Morgan fingerprint density at radius 2 is 1.83 bits per heavy atom. The first-order valence-electron chi connectivity index (χ1n) is 7.88. The first-order chi connectivity index (χ1) is 11.2. The number of nitrogens with zero attached hydrogens (tertiary/aromatic N) is 1. The topological polar surface area (TPSA) is 51.2 Å². The Hall–Kier alpha value is -2.43. The number of pyridine rings is 1. The number of carbonyl (C=O) groups is 1. The molecule has 1 heterocycles. The summed E-state index contributed by atoms with van der Waals surface area (Å²) in [5.41, 5.74) is 0. The van der Waals surface area contributed by atoms with Crippen molar-refractivity contribution < 1.29 is 13.9 Å². The monoisotopic (exact) mass is 314 g/mol. The summed E-state index contributed by atoms with van der Waals surface area (Å²) >= 11 is 0. The molecule has 1 aromatic carbocycles. The summed E-state index contributed by atoms with van der Waals surface area (Å²) in [5, 5.41) is 2.81. The van der Waals surface area contributed by atoms with Crippen molar-refractivity contribution in [3.05, 3.63) is 48.4 Å². The lowest BCUT2D eigenvalue weighted by Crippen LogP contribution is -2.15. The third kappa shape index (κ3) is 4.52. The van der Waals surface area contributed by atoms with E-state index in [9.17, 15) is 9.18 Å². The van der Waals surface area contributed by atoms with Gasteiger partial charge in [-0.15, -0.1) is 0 Å². The molecular weight excluding hydrogens is 295 g/mol. The molecule has 2 aromatic rings. The van der Waals surface area contributed by atoms with Crippen LogP contribution in [0.3, 0.4) is 0 Å². The number of hydrogen-bond acceptors (Lipinski definition) is 3. The van der Waals surface area contributed by atoms with Crippen LogP contribution in [0.4, 0.5) is 10.2 Å². The van der Waals surface area contributed by atoms with E-state index >= 15 is 0 Å². The molecule has 0 atom stereocenters. The third-order valence-electron chi connectivity index (χ3n) is 4.00. The Kier molecular flexibility index (Phi) is 4.86. The van der Waals surface area contributed by atoms with Gasteiger partial charge in [-0.1, -0.05) is 12.8 Å². The van der Waals surface area contributed by atoms with Gasteiger partial charge in [0.05, 0.1) is 6.20 Å². The Balaban J connectivity index is 1.54. The number of amides is 1. The minimum absolute atomic E-state index is 0.0107. The van der Waals surface area contributed by atoms with Crippen molar-refractivity contribution in [1.29, 1.82) is 0 Å². The Morgan fingerprint density at radius 3 is 2.48 bits per heavy atom. The van der Waals surface area contributed by atoms with E-state index < -0.39 is 0 Å². The second kappa shape index (κ2) is 7.22. The van der Waals surface area contributed by atoms with Crippen LogP contribution in [0.2, 0.25) is 0 Å². The van der Waals surface area contributed by atoms with Crippen LogP contribution in [0.1, 0.15) is 32.1 Å². The maximum atomic E-state index is 12.8. The number of ether oxygens (including phenoxy) is 1. The molecule has 23 heavy (non-hydrogen) atoms. The standard InChI is InChI=1S/C18H19FN2O2/c19-14-5-7-15(8-6-14)23-16-9-10-17(20-12-16)21-18(22)11-13-3-1-2-4-13/h5-10,12-13H,1-4,11H2,(H,20,21,22). The van der Waals surface area contributed by atoms with E-state index in [2.05, 4.69) is 10.3 Å². The van der Waals surface area contributed by atoms with Crippen molar-refractivity contribution in [1.82, 2.24) is 4.98 Å². The summed E-state index contributed by atoms with van der Waals surface area (Å²) in [6, 6.07) is 9.19. The number of halogens is 1. The van der Waals surface area contributed by atoms with Gasteiger partial charge in [0.1, 0.15) is 23.1 Å². The van der Waals surface area contributed by atoms with Crippen LogP contribution in [-0.2, 0) is 4.79 Å². The van der Waals surface area contributed by atoms with E-state index in [0.29, 0.717) is 29.7 Å². The van der Waals surface area contributed by atoms with Crippen molar-refractivity contribution in [2.45, 2.75) is 32.1 Å². The zero-order chi connectivity index (χ0) is 16.1. The fraction of sp³-hybridized carbons (Fsp3) is 0.333. The number of aromatic nitrogens is 1. The molecule has 5 heteroatoms. The van der Waals surface area contributed by atoms with Crippen molar-refractivity contribution >= 4 is 11.7 Å². The number of carbonyl (C=O) groups excluding carboxylic acids is 1. The predicted molar refractivity (Wildman–Crippen MR) is 85.9 cm³/mol. The van der Waals surface area contributed by atoms with E-state index in [1.807, 2.05) is 0 Å². The molecule has 120 valence electrons. The van der Waals surface area contributed by atoms with Crippen LogP contribution in [0, 0.1) is 11.7 Å². The van der Waals surface area contributed by atoms with Gasteiger partial charge < -0.3 is 10.1 Å². The smallest absolute Gasteiger partial charge is 0.225 e. The molecule has 1 fully saturated rings. The summed E-state index contributed by atoms with van der Waals surface area (Å²) in [4.78, 5) is 16.1. The van der Waals surface area contributed by atoms with Crippen LogP contribution < -0.4 is 10.1 Å². The molecule has 1 N–H and O–H groups in total. The van der Waals surface area contributed by atoms with Crippen LogP contribution in [0.25, 0.3) is 0 Å². The zero-order valence-electron chi connectivity index (χ0n) is 12.8. The minimum Gasteiger partial charge on any atom is -0.456 e. The average molecular weight is 314 g/mol. The molecule has 1 aliphatic rings.